The van der Waals surface area contributed by atoms with E-state index in [-0.39, 0.29) is 5.91 Å². The molecule has 1 fully saturated rings. The van der Waals surface area contributed by atoms with Crippen molar-refractivity contribution in [2.45, 2.75) is 6.42 Å². The van der Waals surface area contributed by atoms with Crippen LogP contribution in [0.15, 0.2) is 27.1 Å². The summed E-state index contributed by atoms with van der Waals surface area (Å²) in [4.78, 5) is 16.7. The van der Waals surface area contributed by atoms with E-state index < -0.39 is 0 Å². The SMILES string of the molecule is CN1CCCN(C(=O)c2cc(Br)ccc2Br)CC1. The Kier molecular flexibility index (Phi) is 4.81. The van der Waals surface area contributed by atoms with Gasteiger partial charge in [0, 0.05) is 28.6 Å². The Labute approximate surface area is 124 Å². The number of rotatable bonds is 1. The van der Waals surface area contributed by atoms with Gasteiger partial charge >= 0.3 is 0 Å². The molecule has 1 aliphatic rings. The molecular weight excluding hydrogens is 360 g/mol. The highest BCUT2D eigenvalue weighted by Gasteiger charge is 2.20. The molecule has 0 aliphatic carbocycles. The minimum atomic E-state index is 0.110. The van der Waals surface area contributed by atoms with Crippen LogP contribution in [-0.4, -0.2) is 48.9 Å². The zero-order valence-corrected chi connectivity index (χ0v) is 13.5. The van der Waals surface area contributed by atoms with Gasteiger partial charge < -0.3 is 9.80 Å². The fourth-order valence-electron chi connectivity index (χ4n) is 2.08. The van der Waals surface area contributed by atoms with Gasteiger partial charge in [0.05, 0.1) is 5.56 Å². The molecule has 0 atom stereocenters. The summed E-state index contributed by atoms with van der Waals surface area (Å²) in [6, 6.07) is 5.71. The predicted molar refractivity (Wildman–Crippen MR) is 79.9 cm³/mol. The second-order valence-corrected chi connectivity index (χ2v) is 6.34. The monoisotopic (exact) mass is 374 g/mol. The summed E-state index contributed by atoms with van der Waals surface area (Å²) in [5, 5.41) is 0. The average molecular weight is 376 g/mol. The van der Waals surface area contributed by atoms with Crippen LogP contribution >= 0.6 is 31.9 Å². The Morgan fingerprint density at radius 3 is 2.72 bits per heavy atom. The van der Waals surface area contributed by atoms with Crippen LogP contribution in [0, 0.1) is 0 Å². The molecule has 18 heavy (non-hydrogen) atoms. The summed E-state index contributed by atoms with van der Waals surface area (Å²) in [6.45, 7) is 3.64. The third-order valence-electron chi connectivity index (χ3n) is 3.17. The van der Waals surface area contributed by atoms with Crippen molar-refractivity contribution in [3.63, 3.8) is 0 Å². The summed E-state index contributed by atoms with van der Waals surface area (Å²) in [6.07, 6.45) is 1.04. The molecule has 1 aliphatic heterocycles. The standard InChI is InChI=1S/C13H16Br2N2O/c1-16-5-2-6-17(8-7-16)13(18)11-9-10(14)3-4-12(11)15/h3-4,9H,2,5-8H2,1H3. The van der Waals surface area contributed by atoms with Gasteiger partial charge in [-0.25, -0.2) is 0 Å². The first kappa shape index (κ1) is 14.0. The Hall–Kier alpha value is -0.390. The summed E-state index contributed by atoms with van der Waals surface area (Å²) < 4.78 is 1.79. The number of amides is 1. The molecule has 1 amide bonds. The molecule has 98 valence electrons. The molecule has 0 bridgehead atoms. The van der Waals surface area contributed by atoms with E-state index in [1.807, 2.05) is 23.1 Å². The van der Waals surface area contributed by atoms with Crippen LogP contribution in [0.5, 0.6) is 0 Å². The topological polar surface area (TPSA) is 23.6 Å². The maximum atomic E-state index is 12.5. The Morgan fingerprint density at radius 1 is 1.17 bits per heavy atom. The number of hydrogen-bond acceptors (Lipinski definition) is 2. The van der Waals surface area contributed by atoms with Crippen molar-refractivity contribution in [2.75, 3.05) is 33.2 Å². The van der Waals surface area contributed by atoms with Crippen LogP contribution in [0.1, 0.15) is 16.8 Å². The van der Waals surface area contributed by atoms with Crippen LogP contribution < -0.4 is 0 Å². The van der Waals surface area contributed by atoms with Crippen LogP contribution in [0.3, 0.4) is 0 Å². The molecule has 3 nitrogen and oxygen atoms in total. The summed E-state index contributed by atoms with van der Waals surface area (Å²) in [7, 11) is 2.10. The molecule has 0 N–H and O–H groups in total. The number of carbonyl (C=O) groups excluding carboxylic acids is 1. The van der Waals surface area contributed by atoms with Crippen molar-refractivity contribution in [3.8, 4) is 0 Å². The van der Waals surface area contributed by atoms with Crippen molar-refractivity contribution < 1.29 is 4.79 Å². The molecule has 0 unspecified atom stereocenters. The molecule has 2 rings (SSSR count). The number of hydrogen-bond donors (Lipinski definition) is 0. The number of carbonyl (C=O) groups is 1. The molecule has 5 heteroatoms. The number of benzene rings is 1. The largest absolute Gasteiger partial charge is 0.337 e. The maximum Gasteiger partial charge on any atom is 0.255 e. The van der Waals surface area contributed by atoms with Gasteiger partial charge in [0.1, 0.15) is 0 Å². The lowest BCUT2D eigenvalue weighted by Gasteiger charge is -2.21. The second-order valence-electron chi connectivity index (χ2n) is 4.57. The van der Waals surface area contributed by atoms with Gasteiger partial charge in [-0.1, -0.05) is 15.9 Å². The summed E-state index contributed by atoms with van der Waals surface area (Å²) in [5.41, 5.74) is 0.730. The van der Waals surface area contributed by atoms with Gasteiger partial charge in [0.15, 0.2) is 0 Å². The maximum absolute atomic E-state index is 12.5. The van der Waals surface area contributed by atoms with E-state index >= 15 is 0 Å². The quantitative estimate of drug-likeness (QED) is 0.753. The van der Waals surface area contributed by atoms with E-state index in [0.717, 1.165) is 47.1 Å². The summed E-state index contributed by atoms with van der Waals surface area (Å²) in [5.74, 6) is 0.110. The van der Waals surface area contributed by atoms with Gasteiger partial charge in [-0.2, -0.15) is 0 Å². The Bertz CT molecular complexity index is 451. The molecule has 1 saturated heterocycles. The van der Waals surface area contributed by atoms with E-state index in [9.17, 15) is 4.79 Å². The fourth-order valence-corrected chi connectivity index (χ4v) is 2.86. The number of halogens is 2. The lowest BCUT2D eigenvalue weighted by atomic mass is 10.2. The Balaban J connectivity index is 2.17. The first-order valence-corrected chi connectivity index (χ1v) is 7.59. The minimum absolute atomic E-state index is 0.110. The third-order valence-corrected chi connectivity index (χ3v) is 4.35. The predicted octanol–water partition coefficient (Wildman–Crippen LogP) is 2.99. The van der Waals surface area contributed by atoms with Crippen LogP contribution in [0.2, 0.25) is 0 Å². The molecule has 0 aromatic heterocycles. The van der Waals surface area contributed by atoms with Crippen molar-refractivity contribution in [3.05, 3.63) is 32.7 Å². The lowest BCUT2D eigenvalue weighted by Crippen LogP contribution is -2.34. The lowest BCUT2D eigenvalue weighted by molar-refractivity contribution is 0.0762. The first-order chi connectivity index (χ1) is 8.58. The van der Waals surface area contributed by atoms with Gasteiger partial charge in [-0.05, 0) is 54.1 Å². The zero-order valence-electron chi connectivity index (χ0n) is 10.3. The highest BCUT2D eigenvalue weighted by Crippen LogP contribution is 2.23. The number of likely N-dealkylation sites (N-methyl/N-ethyl adjacent to an activating group) is 1. The van der Waals surface area contributed by atoms with Gasteiger partial charge in [0.2, 0.25) is 0 Å². The molecule has 1 heterocycles. The molecule has 0 spiro atoms. The smallest absolute Gasteiger partial charge is 0.255 e. The molecule has 1 aromatic carbocycles. The third kappa shape index (κ3) is 3.33. The zero-order chi connectivity index (χ0) is 13.1. The highest BCUT2D eigenvalue weighted by molar-refractivity contribution is 9.11. The van der Waals surface area contributed by atoms with Crippen molar-refractivity contribution >= 4 is 37.8 Å². The molecule has 0 radical (unpaired) electrons. The second kappa shape index (κ2) is 6.17. The molecule has 0 saturated carbocycles. The van der Waals surface area contributed by atoms with E-state index in [1.165, 1.54) is 0 Å². The van der Waals surface area contributed by atoms with Crippen LogP contribution in [0.25, 0.3) is 0 Å². The normalized spacial score (nSPS) is 17.6. The first-order valence-electron chi connectivity index (χ1n) is 6.01. The average Bonchev–Trinajstić information content (AvgIpc) is 2.56. The molecular formula is C13H16Br2N2O. The summed E-state index contributed by atoms with van der Waals surface area (Å²) >= 11 is 6.86. The minimum Gasteiger partial charge on any atom is -0.337 e. The van der Waals surface area contributed by atoms with Crippen LogP contribution in [0.4, 0.5) is 0 Å². The van der Waals surface area contributed by atoms with Gasteiger partial charge in [0.25, 0.3) is 5.91 Å². The van der Waals surface area contributed by atoms with Crippen molar-refractivity contribution in [1.82, 2.24) is 9.80 Å². The molecule has 1 aromatic rings. The fraction of sp³-hybridized carbons (Fsp3) is 0.462. The van der Waals surface area contributed by atoms with Gasteiger partial charge in [-0.15, -0.1) is 0 Å². The van der Waals surface area contributed by atoms with E-state index in [0.29, 0.717) is 0 Å². The highest BCUT2D eigenvalue weighted by atomic mass is 79.9. The van der Waals surface area contributed by atoms with E-state index in [2.05, 4.69) is 43.8 Å². The van der Waals surface area contributed by atoms with Gasteiger partial charge in [-0.3, -0.25) is 4.79 Å². The number of nitrogens with zero attached hydrogens (tertiary/aromatic N) is 2. The van der Waals surface area contributed by atoms with Crippen molar-refractivity contribution in [2.24, 2.45) is 0 Å². The Morgan fingerprint density at radius 2 is 1.94 bits per heavy atom. The van der Waals surface area contributed by atoms with E-state index in [1.54, 1.807) is 0 Å². The van der Waals surface area contributed by atoms with E-state index in [4.69, 9.17) is 0 Å². The van der Waals surface area contributed by atoms with Crippen LogP contribution in [-0.2, 0) is 0 Å². The van der Waals surface area contributed by atoms with Crippen molar-refractivity contribution in [1.29, 1.82) is 0 Å².